The number of rotatable bonds is 18. The van der Waals surface area contributed by atoms with Gasteiger partial charge >= 0.3 is 0 Å². The summed E-state index contributed by atoms with van der Waals surface area (Å²) >= 11 is 0. The van der Waals surface area contributed by atoms with Crippen molar-refractivity contribution in [1.82, 2.24) is 4.57 Å². The number of methoxy groups -OCH3 is 1. The minimum absolute atomic E-state index is 0. The van der Waals surface area contributed by atoms with Gasteiger partial charge in [-0.1, -0.05) is 32.1 Å². The largest absolute Gasteiger partial charge is 1.00 e. The van der Waals surface area contributed by atoms with Crippen LogP contribution in [0.25, 0.3) is 16.6 Å². The van der Waals surface area contributed by atoms with Crippen LogP contribution in [0.1, 0.15) is 81.5 Å². The van der Waals surface area contributed by atoms with Crippen LogP contribution in [0, 0.1) is 29.9 Å². The quantitative estimate of drug-likeness (QED) is 0.0733. The average Bonchev–Trinajstić information content (AvgIpc) is 3.18. The molecule has 3 aromatic carbocycles. The Balaban J connectivity index is 0.00000580. The highest BCUT2D eigenvalue weighted by Gasteiger charge is 2.38. The van der Waals surface area contributed by atoms with Crippen molar-refractivity contribution in [1.29, 1.82) is 0 Å². The number of piperidine rings is 3. The van der Waals surface area contributed by atoms with Crippen LogP contribution in [-0.2, 0) is 0 Å². The summed E-state index contributed by atoms with van der Waals surface area (Å²) in [6.45, 7) is 8.22. The maximum Gasteiger partial charge on any atom is 0.264 e. The number of hydrogen-bond donors (Lipinski definition) is 0. The Morgan fingerprint density at radius 2 is 1.53 bits per heavy atom. The van der Waals surface area contributed by atoms with E-state index in [-0.39, 0.29) is 40.2 Å². The van der Waals surface area contributed by atoms with Crippen LogP contribution in [-0.4, -0.2) is 68.0 Å². The molecule has 11 heteroatoms. The molecule has 3 aliphatic rings. The molecule has 0 spiro atoms. The van der Waals surface area contributed by atoms with Crippen molar-refractivity contribution >= 4 is 22.5 Å². The van der Waals surface area contributed by atoms with Gasteiger partial charge in [-0.2, -0.15) is 0 Å². The van der Waals surface area contributed by atoms with E-state index in [1.807, 2.05) is 6.92 Å². The standard InChI is InChI=1S/C44H52F2N3O5.BrH/c1-4-17-47(35-25-33(45)24-34(46)26-35)44(51)41-31-48(36-27-38(52-3)29-39(28-36)53-22-5-2)42-30-37(12-13-40(42)43(41)50)54-23-11-9-7-6-8-10-18-49-19-14-32(15-20-49)16-21-49;/h1,12-13,24-32H,5-11,14-23H2,2-3H3;1H/q+1;/p-1. The van der Waals surface area contributed by atoms with Crippen molar-refractivity contribution in [2.75, 3.05) is 57.9 Å². The molecule has 3 fully saturated rings. The number of hydrogen-bond acceptors (Lipinski definition) is 5. The first kappa shape index (κ1) is 41.8. The van der Waals surface area contributed by atoms with Gasteiger partial charge in [-0.15, -0.1) is 6.42 Å². The minimum Gasteiger partial charge on any atom is -1.00 e. The fraction of sp³-hybridized carbons (Fsp3) is 0.455. The van der Waals surface area contributed by atoms with Crippen molar-refractivity contribution < 1.29 is 49.3 Å². The number of ether oxygens (including phenoxy) is 3. The maximum absolute atomic E-state index is 14.2. The Morgan fingerprint density at radius 3 is 2.20 bits per heavy atom. The first-order valence-electron chi connectivity index (χ1n) is 19.4. The molecule has 8 nitrogen and oxygen atoms in total. The van der Waals surface area contributed by atoms with E-state index in [1.54, 1.807) is 48.1 Å². The van der Waals surface area contributed by atoms with Crippen LogP contribution in [0.2, 0.25) is 0 Å². The van der Waals surface area contributed by atoms with Crippen LogP contribution < -0.4 is 41.5 Å². The molecule has 0 atom stereocenters. The molecule has 4 aromatic rings. The third-order valence-electron chi connectivity index (χ3n) is 11.0. The first-order valence-corrected chi connectivity index (χ1v) is 19.4. The van der Waals surface area contributed by atoms with E-state index in [4.69, 9.17) is 20.6 Å². The number of benzene rings is 3. The average molecular weight is 821 g/mol. The summed E-state index contributed by atoms with van der Waals surface area (Å²) in [4.78, 5) is 29.2. The highest BCUT2D eigenvalue weighted by atomic mass is 79.9. The molecule has 55 heavy (non-hydrogen) atoms. The first-order chi connectivity index (χ1) is 26.2. The lowest BCUT2D eigenvalue weighted by Gasteiger charge is -2.49. The molecular weight excluding hydrogens is 768 g/mol. The SMILES string of the molecule is C#CCN(C(=O)c1cn(-c2cc(OC)cc(OCCC)c2)c2cc(OCCCCCCCC[N+]34CCC(CC3)CC4)ccc2c1=O)c1cc(F)cc(F)c1.[Br-]. The third kappa shape index (κ3) is 10.3. The molecule has 1 amide bonds. The Morgan fingerprint density at radius 1 is 0.873 bits per heavy atom. The third-order valence-corrected chi connectivity index (χ3v) is 11.0. The molecule has 0 saturated carbocycles. The van der Waals surface area contributed by atoms with E-state index in [0.29, 0.717) is 47.7 Å². The van der Waals surface area contributed by atoms with Gasteiger partial charge in [0.15, 0.2) is 0 Å². The van der Waals surface area contributed by atoms with E-state index in [2.05, 4.69) is 5.92 Å². The second-order valence-electron chi connectivity index (χ2n) is 14.8. The van der Waals surface area contributed by atoms with E-state index >= 15 is 0 Å². The number of terminal acetylenes is 1. The van der Waals surface area contributed by atoms with Crippen molar-refractivity contribution in [2.24, 2.45) is 5.92 Å². The topological polar surface area (TPSA) is 70.0 Å². The lowest BCUT2D eigenvalue weighted by atomic mass is 9.85. The molecule has 3 saturated heterocycles. The van der Waals surface area contributed by atoms with E-state index in [9.17, 15) is 18.4 Å². The molecule has 0 radical (unpaired) electrons. The molecule has 7 rings (SSSR count). The lowest BCUT2D eigenvalue weighted by Crippen LogP contribution is -3.00. The summed E-state index contributed by atoms with van der Waals surface area (Å²) in [7, 11) is 1.54. The van der Waals surface area contributed by atoms with Crippen molar-refractivity contribution in [3.05, 3.63) is 88.2 Å². The number of quaternary nitrogens is 1. The number of aromatic nitrogens is 1. The predicted octanol–water partition coefficient (Wildman–Crippen LogP) is 5.70. The molecule has 4 heterocycles. The number of carbonyl (C=O) groups excluding carboxylic acids is 1. The van der Waals surface area contributed by atoms with Crippen LogP contribution in [0.15, 0.2) is 65.6 Å². The monoisotopic (exact) mass is 819 g/mol. The zero-order chi connectivity index (χ0) is 38.1. The molecule has 3 aliphatic heterocycles. The summed E-state index contributed by atoms with van der Waals surface area (Å²) in [6, 6.07) is 13.2. The molecule has 0 aliphatic carbocycles. The van der Waals surface area contributed by atoms with Gasteiger partial charge in [-0.25, -0.2) is 8.78 Å². The van der Waals surface area contributed by atoms with Gasteiger partial charge in [0.1, 0.15) is 34.4 Å². The zero-order valence-electron chi connectivity index (χ0n) is 32.0. The van der Waals surface area contributed by atoms with E-state index in [0.717, 1.165) is 42.2 Å². The number of unbranched alkanes of at least 4 members (excludes halogenated alkanes) is 5. The fourth-order valence-corrected chi connectivity index (χ4v) is 8.01. The van der Waals surface area contributed by atoms with Crippen LogP contribution in [0.5, 0.6) is 17.2 Å². The maximum atomic E-state index is 14.2. The summed E-state index contributed by atoms with van der Waals surface area (Å²) in [5.74, 6) is 2.45. The number of amides is 1. The van der Waals surface area contributed by atoms with Gasteiger partial charge in [0.25, 0.3) is 5.91 Å². The number of halogens is 3. The van der Waals surface area contributed by atoms with Crippen molar-refractivity contribution in [3.8, 4) is 35.3 Å². The molecule has 294 valence electrons. The molecule has 1 aromatic heterocycles. The Kier molecular flexibility index (Phi) is 14.8. The number of carbonyl (C=O) groups is 1. The minimum atomic E-state index is -0.880. The van der Waals surface area contributed by atoms with Gasteiger partial charge in [0.05, 0.1) is 69.9 Å². The van der Waals surface area contributed by atoms with Gasteiger partial charge in [-0.05, 0) is 75.1 Å². The summed E-state index contributed by atoms with van der Waals surface area (Å²) in [6.07, 6.45) is 19.1. The second-order valence-corrected chi connectivity index (χ2v) is 14.8. The molecule has 0 unspecified atom stereocenters. The molecular formula is C44H52BrF2N3O5. The van der Waals surface area contributed by atoms with Crippen LogP contribution in [0.4, 0.5) is 14.5 Å². The van der Waals surface area contributed by atoms with Gasteiger partial charge in [0.2, 0.25) is 5.43 Å². The molecule has 0 N–H and O–H groups in total. The molecule has 2 bridgehead atoms. The Labute approximate surface area is 333 Å². The zero-order valence-corrected chi connectivity index (χ0v) is 33.6. The van der Waals surface area contributed by atoms with Gasteiger partial charge < -0.3 is 40.2 Å². The lowest BCUT2D eigenvalue weighted by molar-refractivity contribution is -0.942. The van der Waals surface area contributed by atoms with Crippen molar-refractivity contribution in [2.45, 2.75) is 71.1 Å². The normalized spacial score (nSPS) is 17.3. The highest BCUT2D eigenvalue weighted by molar-refractivity contribution is 6.08. The van der Waals surface area contributed by atoms with Gasteiger partial charge in [0, 0.05) is 41.9 Å². The van der Waals surface area contributed by atoms with Crippen molar-refractivity contribution in [3.63, 3.8) is 0 Å². The van der Waals surface area contributed by atoms with Gasteiger partial charge in [-0.3, -0.25) is 14.5 Å². The second kappa shape index (κ2) is 19.5. The van der Waals surface area contributed by atoms with E-state index in [1.165, 1.54) is 81.8 Å². The van der Waals surface area contributed by atoms with Crippen LogP contribution in [0.3, 0.4) is 0 Å². The Hall–Kier alpha value is -4.40. The fourth-order valence-electron chi connectivity index (χ4n) is 8.01. The van der Waals surface area contributed by atoms with E-state index < -0.39 is 23.0 Å². The number of fused-ring (bicyclic) bond motifs is 4. The number of anilines is 1. The highest BCUT2D eigenvalue weighted by Crippen LogP contribution is 2.34. The summed E-state index contributed by atoms with van der Waals surface area (Å²) in [5, 5.41) is 0.248. The smallest absolute Gasteiger partial charge is 0.264 e. The van der Waals surface area contributed by atoms with Crippen LogP contribution >= 0.6 is 0 Å². The Bertz CT molecular complexity index is 2000. The number of pyridine rings is 1. The number of nitrogens with zero attached hydrogens (tertiary/aromatic N) is 3. The summed E-state index contributed by atoms with van der Waals surface area (Å²) < 4.78 is 49.3. The summed E-state index contributed by atoms with van der Waals surface area (Å²) in [5.41, 5.74) is 0.156. The predicted molar refractivity (Wildman–Crippen MR) is 209 cm³/mol.